The van der Waals surface area contributed by atoms with Crippen molar-refractivity contribution < 1.29 is 5.11 Å². The minimum absolute atomic E-state index is 0.579. The van der Waals surface area contributed by atoms with Crippen molar-refractivity contribution in [3.05, 3.63) is 30.1 Å². The summed E-state index contributed by atoms with van der Waals surface area (Å²) in [5.74, 6) is 0. The van der Waals surface area contributed by atoms with Gasteiger partial charge in [-0.3, -0.25) is 0 Å². The van der Waals surface area contributed by atoms with Gasteiger partial charge in [-0.05, 0) is 13.3 Å². The van der Waals surface area contributed by atoms with Crippen molar-refractivity contribution in [1.29, 1.82) is 0 Å². The van der Waals surface area contributed by atoms with E-state index in [-0.39, 0.29) is 0 Å². The van der Waals surface area contributed by atoms with E-state index in [0.717, 1.165) is 18.7 Å². The summed E-state index contributed by atoms with van der Waals surface area (Å²) >= 11 is 0. The standard InChI is InChI=1S/C11H17N5O/c1-3-4-15-8-12-5-10(15)6-16-7-11(9(2)17)13-14-16/h5,7-9,17H,3-4,6H2,1-2H3. The van der Waals surface area contributed by atoms with Crippen LogP contribution in [0, 0.1) is 0 Å². The monoisotopic (exact) mass is 235 g/mol. The third-order valence-corrected chi connectivity index (χ3v) is 2.57. The number of aromatic nitrogens is 5. The average molecular weight is 235 g/mol. The summed E-state index contributed by atoms with van der Waals surface area (Å²) in [4.78, 5) is 4.13. The summed E-state index contributed by atoms with van der Waals surface area (Å²) in [6, 6.07) is 0. The fraction of sp³-hybridized carbons (Fsp3) is 0.545. The molecule has 0 fully saturated rings. The Morgan fingerprint density at radius 1 is 1.47 bits per heavy atom. The minimum atomic E-state index is -0.579. The lowest BCUT2D eigenvalue weighted by Crippen LogP contribution is -2.07. The maximum absolute atomic E-state index is 9.37. The second-order valence-corrected chi connectivity index (χ2v) is 4.10. The second kappa shape index (κ2) is 5.09. The predicted molar refractivity (Wildman–Crippen MR) is 62.3 cm³/mol. The van der Waals surface area contributed by atoms with Crippen LogP contribution in [-0.4, -0.2) is 29.7 Å². The highest BCUT2D eigenvalue weighted by molar-refractivity contribution is 5.01. The van der Waals surface area contributed by atoms with Crippen LogP contribution < -0.4 is 0 Å². The lowest BCUT2D eigenvalue weighted by atomic mass is 10.3. The lowest BCUT2D eigenvalue weighted by molar-refractivity contribution is 0.194. The normalized spacial score (nSPS) is 12.9. The molecule has 0 aliphatic rings. The van der Waals surface area contributed by atoms with Crippen molar-refractivity contribution in [1.82, 2.24) is 24.5 Å². The summed E-state index contributed by atoms with van der Waals surface area (Å²) in [7, 11) is 0. The fourth-order valence-electron chi connectivity index (χ4n) is 1.67. The molecule has 0 amide bonds. The Hall–Kier alpha value is -1.69. The zero-order chi connectivity index (χ0) is 12.3. The molecule has 92 valence electrons. The van der Waals surface area contributed by atoms with Crippen molar-refractivity contribution in [2.45, 2.75) is 39.5 Å². The number of hydrogen-bond donors (Lipinski definition) is 1. The molecule has 0 saturated carbocycles. The van der Waals surface area contributed by atoms with Gasteiger partial charge in [-0.25, -0.2) is 9.67 Å². The van der Waals surface area contributed by atoms with Gasteiger partial charge in [-0.15, -0.1) is 5.10 Å². The molecule has 2 rings (SSSR count). The maximum atomic E-state index is 9.37. The fourth-order valence-corrected chi connectivity index (χ4v) is 1.67. The van der Waals surface area contributed by atoms with Crippen LogP contribution in [0.15, 0.2) is 18.7 Å². The summed E-state index contributed by atoms with van der Waals surface area (Å²) in [6.45, 7) is 5.38. The van der Waals surface area contributed by atoms with Crippen LogP contribution >= 0.6 is 0 Å². The molecule has 0 aliphatic carbocycles. The zero-order valence-corrected chi connectivity index (χ0v) is 10.1. The first-order valence-corrected chi connectivity index (χ1v) is 5.77. The SMILES string of the molecule is CCCn1cncc1Cn1cc(C(C)O)nn1. The molecule has 0 saturated heterocycles. The number of aliphatic hydroxyl groups is 1. The first kappa shape index (κ1) is 11.8. The van der Waals surface area contributed by atoms with Crippen molar-refractivity contribution in [2.75, 3.05) is 0 Å². The van der Waals surface area contributed by atoms with Gasteiger partial charge in [-0.2, -0.15) is 0 Å². The molecule has 0 aromatic carbocycles. The van der Waals surface area contributed by atoms with Crippen LogP contribution in [0.4, 0.5) is 0 Å². The molecule has 0 spiro atoms. The van der Waals surface area contributed by atoms with Crippen LogP contribution in [0.3, 0.4) is 0 Å². The number of imidazole rings is 1. The Kier molecular flexibility index (Phi) is 3.53. The molecule has 6 nitrogen and oxygen atoms in total. The van der Waals surface area contributed by atoms with Gasteiger partial charge in [0.25, 0.3) is 0 Å². The number of hydrogen-bond acceptors (Lipinski definition) is 4. The quantitative estimate of drug-likeness (QED) is 0.839. The molecule has 6 heteroatoms. The van der Waals surface area contributed by atoms with Crippen LogP contribution in [0.2, 0.25) is 0 Å². The predicted octanol–water partition coefficient (Wildman–Crippen LogP) is 0.986. The molecule has 2 aromatic rings. The van der Waals surface area contributed by atoms with Gasteiger partial charge in [0.1, 0.15) is 5.69 Å². The molecule has 1 atom stereocenters. The van der Waals surface area contributed by atoms with E-state index in [1.54, 1.807) is 17.8 Å². The third kappa shape index (κ3) is 2.71. The summed E-state index contributed by atoms with van der Waals surface area (Å²) in [5.41, 5.74) is 1.68. The maximum Gasteiger partial charge on any atom is 0.111 e. The molecular formula is C11H17N5O. The lowest BCUT2D eigenvalue weighted by Gasteiger charge is -2.05. The average Bonchev–Trinajstić information content (AvgIpc) is 2.90. The van der Waals surface area contributed by atoms with E-state index in [0.29, 0.717) is 12.2 Å². The Balaban J connectivity index is 2.11. The first-order valence-electron chi connectivity index (χ1n) is 5.77. The molecular weight excluding hydrogens is 218 g/mol. The summed E-state index contributed by atoms with van der Waals surface area (Å²) in [6.07, 6.45) is 5.91. The first-order chi connectivity index (χ1) is 8.20. The van der Waals surface area contributed by atoms with Gasteiger partial charge in [-0.1, -0.05) is 12.1 Å². The van der Waals surface area contributed by atoms with E-state index in [4.69, 9.17) is 0 Å². The van der Waals surface area contributed by atoms with E-state index in [9.17, 15) is 5.11 Å². The Morgan fingerprint density at radius 3 is 2.94 bits per heavy atom. The summed E-state index contributed by atoms with van der Waals surface area (Å²) in [5, 5.41) is 17.3. The van der Waals surface area contributed by atoms with Crippen LogP contribution in [-0.2, 0) is 13.1 Å². The van der Waals surface area contributed by atoms with E-state index < -0.39 is 6.10 Å². The van der Waals surface area contributed by atoms with Crippen molar-refractivity contribution in [3.8, 4) is 0 Å². The Bertz CT molecular complexity index is 474. The van der Waals surface area contributed by atoms with E-state index in [1.807, 2.05) is 12.5 Å². The molecule has 1 unspecified atom stereocenters. The molecule has 0 bridgehead atoms. The van der Waals surface area contributed by atoms with E-state index >= 15 is 0 Å². The second-order valence-electron chi connectivity index (χ2n) is 4.10. The number of rotatable bonds is 5. The highest BCUT2D eigenvalue weighted by atomic mass is 16.3. The number of nitrogens with zero attached hydrogens (tertiary/aromatic N) is 5. The number of aryl methyl sites for hydroxylation is 1. The largest absolute Gasteiger partial charge is 0.387 e. The van der Waals surface area contributed by atoms with Gasteiger partial charge in [0.2, 0.25) is 0 Å². The smallest absolute Gasteiger partial charge is 0.111 e. The Labute approximate surface area is 99.9 Å². The Morgan fingerprint density at radius 2 is 2.29 bits per heavy atom. The molecule has 2 heterocycles. The van der Waals surface area contributed by atoms with Gasteiger partial charge < -0.3 is 9.67 Å². The minimum Gasteiger partial charge on any atom is -0.387 e. The van der Waals surface area contributed by atoms with Gasteiger partial charge in [0.05, 0.1) is 37.1 Å². The highest BCUT2D eigenvalue weighted by Crippen LogP contribution is 2.08. The molecule has 1 N–H and O–H groups in total. The molecule has 0 radical (unpaired) electrons. The topological polar surface area (TPSA) is 68.8 Å². The van der Waals surface area contributed by atoms with Crippen LogP contribution in [0.1, 0.15) is 37.8 Å². The van der Waals surface area contributed by atoms with Crippen LogP contribution in [0.25, 0.3) is 0 Å². The molecule has 17 heavy (non-hydrogen) atoms. The van der Waals surface area contributed by atoms with Gasteiger partial charge in [0.15, 0.2) is 0 Å². The van der Waals surface area contributed by atoms with Crippen LogP contribution in [0.5, 0.6) is 0 Å². The van der Waals surface area contributed by atoms with E-state index in [1.165, 1.54) is 0 Å². The highest BCUT2D eigenvalue weighted by Gasteiger charge is 2.08. The van der Waals surface area contributed by atoms with Crippen molar-refractivity contribution in [3.63, 3.8) is 0 Å². The molecule has 0 aliphatic heterocycles. The van der Waals surface area contributed by atoms with E-state index in [2.05, 4.69) is 26.8 Å². The van der Waals surface area contributed by atoms with Gasteiger partial charge in [0, 0.05) is 6.54 Å². The third-order valence-electron chi connectivity index (χ3n) is 2.57. The number of aliphatic hydroxyl groups excluding tert-OH is 1. The van der Waals surface area contributed by atoms with Gasteiger partial charge >= 0.3 is 0 Å². The van der Waals surface area contributed by atoms with Crippen molar-refractivity contribution in [2.24, 2.45) is 0 Å². The molecule has 2 aromatic heterocycles. The zero-order valence-electron chi connectivity index (χ0n) is 10.1. The van der Waals surface area contributed by atoms with Crippen molar-refractivity contribution >= 4 is 0 Å². The summed E-state index contributed by atoms with van der Waals surface area (Å²) < 4.78 is 3.81.